The van der Waals surface area contributed by atoms with Gasteiger partial charge in [0.1, 0.15) is 22.3 Å². The molecule has 1 heterocycles. The molecule has 0 aliphatic carbocycles. The van der Waals surface area contributed by atoms with Crippen LogP contribution in [0.1, 0.15) is 26.4 Å². The summed E-state index contributed by atoms with van der Waals surface area (Å²) in [7, 11) is 0. The van der Waals surface area contributed by atoms with Crippen molar-refractivity contribution in [3.63, 3.8) is 0 Å². The zero-order valence-corrected chi connectivity index (χ0v) is 15.8. The number of phenols is 1. The first-order valence-electron chi connectivity index (χ1n) is 7.88. The molecule has 0 radical (unpaired) electrons. The van der Waals surface area contributed by atoms with Gasteiger partial charge in [-0.2, -0.15) is 5.10 Å². The lowest BCUT2D eigenvalue weighted by Crippen LogP contribution is -2.41. The van der Waals surface area contributed by atoms with Crippen molar-refractivity contribution in [2.45, 2.75) is 6.92 Å². The number of halogens is 3. The van der Waals surface area contributed by atoms with Crippen molar-refractivity contribution in [2.24, 2.45) is 0 Å². The number of aromatic nitrogens is 2. The highest BCUT2D eigenvalue weighted by atomic mass is 35.5. The Morgan fingerprint density at radius 3 is 2.39 bits per heavy atom. The number of carbonyl (C=O) groups is 2. The molecule has 3 rings (SSSR count). The van der Waals surface area contributed by atoms with Crippen LogP contribution in [0.15, 0.2) is 42.5 Å². The minimum atomic E-state index is -0.770. The summed E-state index contributed by atoms with van der Waals surface area (Å²) in [6.07, 6.45) is 0. The second kappa shape index (κ2) is 7.87. The second-order valence-corrected chi connectivity index (χ2v) is 6.50. The van der Waals surface area contributed by atoms with Gasteiger partial charge in [0, 0.05) is 5.02 Å². The van der Waals surface area contributed by atoms with E-state index in [4.69, 9.17) is 23.2 Å². The number of nitrogens with zero attached hydrogens (tertiary/aromatic N) is 2. The molecule has 0 unspecified atom stereocenters. The first-order valence-corrected chi connectivity index (χ1v) is 8.63. The highest BCUT2D eigenvalue weighted by Gasteiger charge is 2.22. The van der Waals surface area contributed by atoms with Crippen molar-refractivity contribution < 1.29 is 19.1 Å². The normalized spacial score (nSPS) is 10.6. The van der Waals surface area contributed by atoms with Gasteiger partial charge in [0.2, 0.25) is 0 Å². The molecule has 28 heavy (non-hydrogen) atoms. The highest BCUT2D eigenvalue weighted by molar-refractivity contribution is 6.33. The number of hydrogen-bond donors (Lipinski definition) is 3. The molecule has 1 aromatic heterocycles. The molecule has 7 nitrogen and oxygen atoms in total. The number of aromatic hydroxyl groups is 1. The number of aryl methyl sites for hydroxylation is 1. The van der Waals surface area contributed by atoms with E-state index in [1.165, 1.54) is 47.1 Å². The summed E-state index contributed by atoms with van der Waals surface area (Å²) in [5.41, 5.74) is 5.06. The Morgan fingerprint density at radius 2 is 1.71 bits per heavy atom. The zero-order chi connectivity index (χ0) is 20.4. The predicted molar refractivity (Wildman–Crippen MR) is 101 cm³/mol. The van der Waals surface area contributed by atoms with Gasteiger partial charge in [-0.05, 0) is 49.4 Å². The Labute approximate surface area is 168 Å². The third-order valence-corrected chi connectivity index (χ3v) is 4.38. The lowest BCUT2D eigenvalue weighted by atomic mass is 10.2. The topological polar surface area (TPSA) is 96.3 Å². The summed E-state index contributed by atoms with van der Waals surface area (Å²) in [5.74, 6) is -2.21. The van der Waals surface area contributed by atoms with Crippen molar-refractivity contribution >= 4 is 35.0 Å². The number of rotatable bonds is 3. The molecule has 0 bridgehead atoms. The Hall–Kier alpha value is -3.10. The molecule has 144 valence electrons. The van der Waals surface area contributed by atoms with Crippen molar-refractivity contribution in [1.29, 1.82) is 0 Å². The SMILES string of the molecule is Cc1nn(-c2ccc(F)cc2)c(Cl)c1C(=O)NNC(=O)c1cc(Cl)ccc1O. The van der Waals surface area contributed by atoms with Crippen LogP contribution in [0, 0.1) is 12.7 Å². The van der Waals surface area contributed by atoms with Crippen molar-refractivity contribution in [1.82, 2.24) is 20.6 Å². The van der Waals surface area contributed by atoms with Crippen LogP contribution < -0.4 is 10.9 Å². The maximum absolute atomic E-state index is 13.1. The fraction of sp³-hybridized carbons (Fsp3) is 0.0556. The molecule has 0 aliphatic heterocycles. The second-order valence-electron chi connectivity index (χ2n) is 5.71. The number of hydrogen-bond acceptors (Lipinski definition) is 4. The van der Waals surface area contributed by atoms with E-state index >= 15 is 0 Å². The summed E-state index contributed by atoms with van der Waals surface area (Å²) in [6.45, 7) is 1.56. The largest absolute Gasteiger partial charge is 0.507 e. The number of phenolic OH excluding ortho intramolecular Hbond substituents is 1. The molecule has 0 saturated heterocycles. The molecule has 0 fully saturated rings. The molecule has 0 saturated carbocycles. The third kappa shape index (κ3) is 3.92. The molecule has 0 spiro atoms. The zero-order valence-electron chi connectivity index (χ0n) is 14.3. The molecule has 10 heteroatoms. The van der Waals surface area contributed by atoms with E-state index in [1.54, 1.807) is 6.92 Å². The van der Waals surface area contributed by atoms with Gasteiger partial charge in [-0.15, -0.1) is 0 Å². The number of amides is 2. The van der Waals surface area contributed by atoms with Gasteiger partial charge >= 0.3 is 0 Å². The van der Waals surface area contributed by atoms with Gasteiger partial charge in [0.05, 0.1) is 16.9 Å². The number of benzene rings is 2. The fourth-order valence-corrected chi connectivity index (χ4v) is 2.97. The summed E-state index contributed by atoms with van der Waals surface area (Å²) < 4.78 is 14.4. The summed E-state index contributed by atoms with van der Waals surface area (Å²) >= 11 is 12.1. The van der Waals surface area contributed by atoms with Gasteiger partial charge in [-0.3, -0.25) is 20.4 Å². The Morgan fingerprint density at radius 1 is 1.07 bits per heavy atom. The quantitative estimate of drug-likeness (QED) is 0.563. The van der Waals surface area contributed by atoms with Gasteiger partial charge in [0.15, 0.2) is 0 Å². The number of carbonyl (C=O) groups excluding carboxylic acids is 2. The van der Waals surface area contributed by atoms with Crippen molar-refractivity contribution in [2.75, 3.05) is 0 Å². The van der Waals surface area contributed by atoms with Crippen LogP contribution in [0.3, 0.4) is 0 Å². The summed E-state index contributed by atoms with van der Waals surface area (Å²) in [5, 5.41) is 14.1. The Balaban J connectivity index is 1.79. The maximum Gasteiger partial charge on any atom is 0.274 e. The molecular formula is C18H13Cl2FN4O3. The average Bonchev–Trinajstić information content (AvgIpc) is 2.96. The molecular weight excluding hydrogens is 410 g/mol. The molecule has 3 aromatic rings. The van der Waals surface area contributed by atoms with Crippen LogP contribution in [0.4, 0.5) is 4.39 Å². The molecule has 0 atom stereocenters. The van der Waals surface area contributed by atoms with Crippen molar-refractivity contribution in [3.05, 3.63) is 75.3 Å². The van der Waals surface area contributed by atoms with E-state index in [2.05, 4.69) is 16.0 Å². The molecule has 0 aliphatic rings. The van der Waals surface area contributed by atoms with Gasteiger partial charge in [-0.1, -0.05) is 23.2 Å². The summed E-state index contributed by atoms with van der Waals surface area (Å²) in [6, 6.07) is 9.31. The van der Waals surface area contributed by atoms with Gasteiger partial charge < -0.3 is 5.11 Å². The first kappa shape index (κ1) is 19.7. The lowest BCUT2D eigenvalue weighted by Gasteiger charge is -2.09. The van der Waals surface area contributed by atoms with E-state index in [0.29, 0.717) is 11.4 Å². The Kier molecular flexibility index (Phi) is 5.53. The van der Waals surface area contributed by atoms with Crippen LogP contribution in [-0.4, -0.2) is 26.7 Å². The predicted octanol–water partition coefficient (Wildman–Crippen LogP) is 3.41. The van der Waals surface area contributed by atoms with Gasteiger partial charge in [0.25, 0.3) is 11.8 Å². The lowest BCUT2D eigenvalue weighted by molar-refractivity contribution is 0.0844. The van der Waals surface area contributed by atoms with Crippen LogP contribution in [-0.2, 0) is 0 Å². The van der Waals surface area contributed by atoms with E-state index in [0.717, 1.165) is 0 Å². The fourth-order valence-electron chi connectivity index (χ4n) is 2.44. The van der Waals surface area contributed by atoms with E-state index < -0.39 is 17.6 Å². The smallest absolute Gasteiger partial charge is 0.274 e. The molecule has 2 amide bonds. The van der Waals surface area contributed by atoms with Crippen LogP contribution in [0.2, 0.25) is 10.2 Å². The van der Waals surface area contributed by atoms with E-state index in [1.807, 2.05) is 0 Å². The van der Waals surface area contributed by atoms with E-state index in [-0.39, 0.29) is 27.1 Å². The van der Waals surface area contributed by atoms with Crippen LogP contribution in [0.25, 0.3) is 5.69 Å². The monoisotopic (exact) mass is 422 g/mol. The molecule has 3 N–H and O–H groups in total. The van der Waals surface area contributed by atoms with Crippen molar-refractivity contribution in [3.8, 4) is 11.4 Å². The number of nitrogens with one attached hydrogen (secondary N) is 2. The molecule has 2 aromatic carbocycles. The Bertz CT molecular complexity index is 1070. The highest BCUT2D eigenvalue weighted by Crippen LogP contribution is 2.24. The number of hydrazine groups is 1. The average molecular weight is 423 g/mol. The first-order chi connectivity index (χ1) is 13.3. The standard InChI is InChI=1S/C18H13Cl2FN4O3/c1-9-15(16(20)25(24-9)12-5-3-11(21)4-6-12)18(28)23-22-17(27)13-8-10(19)2-7-14(13)26/h2-8,26H,1H3,(H,22,27)(H,23,28). The third-order valence-electron chi connectivity index (χ3n) is 3.80. The minimum Gasteiger partial charge on any atom is -0.507 e. The minimum absolute atomic E-state index is 0.0125. The van der Waals surface area contributed by atoms with Crippen LogP contribution >= 0.6 is 23.2 Å². The summed E-state index contributed by atoms with van der Waals surface area (Å²) in [4.78, 5) is 24.6. The van der Waals surface area contributed by atoms with Crippen LogP contribution in [0.5, 0.6) is 5.75 Å². The van der Waals surface area contributed by atoms with E-state index in [9.17, 15) is 19.1 Å². The van der Waals surface area contributed by atoms with Gasteiger partial charge in [-0.25, -0.2) is 9.07 Å². The maximum atomic E-state index is 13.1.